The van der Waals surface area contributed by atoms with Crippen LogP contribution in [-0.2, 0) is 14.3 Å². The Bertz CT molecular complexity index is 933. The summed E-state index contributed by atoms with van der Waals surface area (Å²) in [5.74, 6) is -0.470. The van der Waals surface area contributed by atoms with Crippen LogP contribution in [-0.4, -0.2) is 91.5 Å². The van der Waals surface area contributed by atoms with E-state index in [1.807, 2.05) is 52.0 Å². The summed E-state index contributed by atoms with van der Waals surface area (Å²) in [4.78, 5) is 45.7. The van der Waals surface area contributed by atoms with Crippen molar-refractivity contribution in [1.82, 2.24) is 15.1 Å². The molecular weight excluding hydrogens is 444 g/mol. The van der Waals surface area contributed by atoms with E-state index in [0.717, 1.165) is 38.4 Å². The van der Waals surface area contributed by atoms with Gasteiger partial charge in [0.25, 0.3) is 5.91 Å². The Hall–Kier alpha value is -2.45. The van der Waals surface area contributed by atoms with Gasteiger partial charge < -0.3 is 19.9 Å². The SMILES string of the molecule is CCCN1CCN(c2ccc(C(=O)N[C@H](C(=O)N3C[C@H](C)[C@H]4OCC(=O)[C@H]43)C(C)(C)C)cc2)CC1. The first-order chi connectivity index (χ1) is 16.6. The third-order valence-corrected chi connectivity index (χ3v) is 7.52. The lowest BCUT2D eigenvalue weighted by molar-refractivity contribution is -0.140. The van der Waals surface area contributed by atoms with Gasteiger partial charge in [0, 0.05) is 49.9 Å². The number of nitrogens with zero attached hydrogens (tertiary/aromatic N) is 3. The molecule has 1 aromatic carbocycles. The molecule has 1 N–H and O–H groups in total. The van der Waals surface area contributed by atoms with Crippen molar-refractivity contribution in [2.45, 2.75) is 59.2 Å². The second kappa shape index (κ2) is 10.3. The summed E-state index contributed by atoms with van der Waals surface area (Å²) in [5.41, 5.74) is 1.11. The van der Waals surface area contributed by atoms with Crippen LogP contribution in [0.5, 0.6) is 0 Å². The highest BCUT2D eigenvalue weighted by atomic mass is 16.5. The third kappa shape index (κ3) is 5.38. The zero-order valence-corrected chi connectivity index (χ0v) is 21.8. The molecule has 0 radical (unpaired) electrons. The Morgan fingerprint density at radius 2 is 1.77 bits per heavy atom. The van der Waals surface area contributed by atoms with E-state index < -0.39 is 17.5 Å². The maximum Gasteiger partial charge on any atom is 0.251 e. The highest BCUT2D eigenvalue weighted by Gasteiger charge is 2.52. The Morgan fingerprint density at radius 3 is 2.37 bits per heavy atom. The number of hydrogen-bond donors (Lipinski definition) is 1. The van der Waals surface area contributed by atoms with Gasteiger partial charge in [0.15, 0.2) is 5.78 Å². The fourth-order valence-corrected chi connectivity index (χ4v) is 5.52. The van der Waals surface area contributed by atoms with Crippen molar-refractivity contribution in [3.05, 3.63) is 29.8 Å². The quantitative estimate of drug-likeness (QED) is 0.667. The van der Waals surface area contributed by atoms with Gasteiger partial charge in [0.05, 0.1) is 6.10 Å². The lowest BCUT2D eigenvalue weighted by Gasteiger charge is -2.36. The number of likely N-dealkylation sites (tertiary alicyclic amines) is 1. The lowest BCUT2D eigenvalue weighted by atomic mass is 9.85. The van der Waals surface area contributed by atoms with Crippen LogP contribution in [0.3, 0.4) is 0 Å². The summed E-state index contributed by atoms with van der Waals surface area (Å²) in [6.07, 6.45) is 0.920. The summed E-state index contributed by atoms with van der Waals surface area (Å²) in [5, 5.41) is 2.98. The van der Waals surface area contributed by atoms with E-state index in [9.17, 15) is 14.4 Å². The maximum absolute atomic E-state index is 13.6. The zero-order valence-electron chi connectivity index (χ0n) is 21.8. The van der Waals surface area contributed by atoms with Crippen LogP contribution in [0.2, 0.25) is 0 Å². The third-order valence-electron chi connectivity index (χ3n) is 7.52. The Balaban J connectivity index is 1.43. The number of fused-ring (bicyclic) bond motifs is 1. The molecule has 3 aliphatic heterocycles. The summed E-state index contributed by atoms with van der Waals surface area (Å²) < 4.78 is 5.64. The number of rotatable bonds is 6. The van der Waals surface area contributed by atoms with Crippen molar-refractivity contribution in [3.8, 4) is 0 Å². The van der Waals surface area contributed by atoms with Crippen molar-refractivity contribution in [1.29, 1.82) is 0 Å². The van der Waals surface area contributed by atoms with Gasteiger partial charge in [0.1, 0.15) is 18.7 Å². The smallest absolute Gasteiger partial charge is 0.251 e. The number of benzene rings is 1. The minimum atomic E-state index is -0.749. The van der Waals surface area contributed by atoms with Crippen molar-refractivity contribution < 1.29 is 19.1 Å². The first kappa shape index (κ1) is 25.6. The largest absolute Gasteiger partial charge is 0.369 e. The van der Waals surface area contributed by atoms with Gasteiger partial charge in [-0.2, -0.15) is 0 Å². The number of ether oxygens (including phenoxy) is 1. The van der Waals surface area contributed by atoms with Gasteiger partial charge in [-0.05, 0) is 42.6 Å². The van der Waals surface area contributed by atoms with Crippen LogP contribution < -0.4 is 10.2 Å². The van der Waals surface area contributed by atoms with Gasteiger partial charge >= 0.3 is 0 Å². The minimum Gasteiger partial charge on any atom is -0.369 e. The van der Waals surface area contributed by atoms with Crippen molar-refractivity contribution in [2.75, 3.05) is 50.8 Å². The zero-order chi connectivity index (χ0) is 25.3. The van der Waals surface area contributed by atoms with Gasteiger partial charge in [0.2, 0.25) is 5.91 Å². The molecule has 35 heavy (non-hydrogen) atoms. The molecule has 2 amide bonds. The maximum atomic E-state index is 13.6. The highest BCUT2D eigenvalue weighted by Crippen LogP contribution is 2.33. The molecular formula is C27H40N4O4. The molecule has 0 aromatic heterocycles. The standard InChI is InChI=1S/C27H40N4O4/c1-6-11-29-12-14-30(15-13-29)20-9-7-19(8-10-20)25(33)28-24(27(3,4)5)26(34)31-16-18(2)23-22(31)21(32)17-35-23/h7-10,18,22-24H,6,11-17H2,1-5H3,(H,28,33)/t18-,22+,23+,24+/m0/s1. The normalized spacial score (nSPS) is 26.1. The van der Waals surface area contributed by atoms with E-state index in [1.165, 1.54) is 6.42 Å². The van der Waals surface area contributed by atoms with Crippen molar-refractivity contribution in [3.63, 3.8) is 0 Å². The molecule has 3 aliphatic rings. The first-order valence-electron chi connectivity index (χ1n) is 12.9. The molecule has 3 saturated heterocycles. The molecule has 8 heteroatoms. The van der Waals surface area contributed by atoms with Gasteiger partial charge in [-0.25, -0.2) is 0 Å². The van der Waals surface area contributed by atoms with E-state index in [1.54, 1.807) is 4.90 Å². The molecule has 0 unspecified atom stereocenters. The monoisotopic (exact) mass is 484 g/mol. The number of carbonyl (C=O) groups excluding carboxylic acids is 3. The van der Waals surface area contributed by atoms with Crippen LogP contribution in [0.4, 0.5) is 5.69 Å². The van der Waals surface area contributed by atoms with E-state index in [4.69, 9.17) is 4.74 Å². The van der Waals surface area contributed by atoms with E-state index >= 15 is 0 Å². The van der Waals surface area contributed by atoms with Crippen LogP contribution in [0, 0.1) is 11.3 Å². The topological polar surface area (TPSA) is 82.2 Å². The van der Waals surface area contributed by atoms with Crippen LogP contribution in [0.1, 0.15) is 51.4 Å². The molecule has 1 aromatic rings. The second-order valence-corrected chi connectivity index (χ2v) is 11.3. The predicted octanol–water partition coefficient (Wildman–Crippen LogP) is 2.18. The summed E-state index contributed by atoms with van der Waals surface area (Å²) in [6, 6.07) is 6.33. The number of Topliss-reactive ketones (excluding diaryl/α,β-unsaturated/α-hetero) is 1. The molecule has 0 spiro atoms. The fourth-order valence-electron chi connectivity index (χ4n) is 5.52. The van der Waals surface area contributed by atoms with E-state index in [-0.39, 0.29) is 36.2 Å². The average molecular weight is 485 g/mol. The minimum absolute atomic E-state index is 0.0516. The molecule has 0 saturated carbocycles. The Morgan fingerprint density at radius 1 is 1.11 bits per heavy atom. The number of carbonyl (C=O) groups is 3. The van der Waals surface area contributed by atoms with Gasteiger partial charge in [-0.3, -0.25) is 19.3 Å². The molecule has 4 atom stereocenters. The van der Waals surface area contributed by atoms with Crippen molar-refractivity contribution >= 4 is 23.3 Å². The van der Waals surface area contributed by atoms with Crippen LogP contribution in [0.25, 0.3) is 0 Å². The van der Waals surface area contributed by atoms with E-state index in [0.29, 0.717) is 12.1 Å². The van der Waals surface area contributed by atoms with Gasteiger partial charge in [-0.1, -0.05) is 34.6 Å². The number of piperazine rings is 1. The Labute approximate surface area is 209 Å². The molecule has 8 nitrogen and oxygen atoms in total. The lowest BCUT2D eigenvalue weighted by Crippen LogP contribution is -2.57. The Kier molecular flexibility index (Phi) is 7.52. The van der Waals surface area contributed by atoms with Crippen LogP contribution in [0.15, 0.2) is 24.3 Å². The number of amides is 2. The number of ketones is 1. The molecule has 192 valence electrons. The van der Waals surface area contributed by atoms with E-state index in [2.05, 4.69) is 22.0 Å². The predicted molar refractivity (Wildman–Crippen MR) is 136 cm³/mol. The van der Waals surface area contributed by atoms with Crippen molar-refractivity contribution in [2.24, 2.45) is 11.3 Å². The molecule has 0 aliphatic carbocycles. The summed E-state index contributed by atoms with van der Waals surface area (Å²) in [7, 11) is 0. The number of anilines is 1. The van der Waals surface area contributed by atoms with Gasteiger partial charge in [-0.15, -0.1) is 0 Å². The summed E-state index contributed by atoms with van der Waals surface area (Å²) >= 11 is 0. The number of hydrogen-bond acceptors (Lipinski definition) is 6. The highest BCUT2D eigenvalue weighted by molar-refractivity contribution is 5.99. The molecule has 3 heterocycles. The van der Waals surface area contributed by atoms with Crippen LogP contribution >= 0.6 is 0 Å². The first-order valence-corrected chi connectivity index (χ1v) is 12.9. The average Bonchev–Trinajstić information content (AvgIpc) is 3.37. The summed E-state index contributed by atoms with van der Waals surface area (Å²) in [6.45, 7) is 15.7. The fraction of sp³-hybridized carbons (Fsp3) is 0.667. The second-order valence-electron chi connectivity index (χ2n) is 11.3. The molecule has 0 bridgehead atoms. The molecule has 4 rings (SSSR count). The number of nitrogens with one attached hydrogen (secondary N) is 1. The molecule has 3 fully saturated rings.